The second kappa shape index (κ2) is 7.31. The Morgan fingerprint density at radius 2 is 2.37 bits per heavy atom. The number of anilines is 1. The standard InChI is InChI=1S/C14H22N2OS2/c1-3-18-13-6-4-5-11(13)15-9-14-12(7-8-19-14)16-10(2)17/h7-8,11,13,15H,3-6,9H2,1-2H3,(H,16,17). The van der Waals surface area contributed by atoms with Gasteiger partial charge in [-0.25, -0.2) is 0 Å². The maximum Gasteiger partial charge on any atom is 0.221 e. The van der Waals surface area contributed by atoms with E-state index in [9.17, 15) is 4.79 Å². The molecule has 0 bridgehead atoms. The zero-order valence-electron chi connectivity index (χ0n) is 11.6. The molecule has 0 spiro atoms. The summed E-state index contributed by atoms with van der Waals surface area (Å²) >= 11 is 3.78. The predicted molar refractivity (Wildman–Crippen MR) is 85.0 cm³/mol. The zero-order valence-corrected chi connectivity index (χ0v) is 13.2. The van der Waals surface area contributed by atoms with Gasteiger partial charge in [-0.3, -0.25) is 4.79 Å². The van der Waals surface area contributed by atoms with Crippen LogP contribution in [0.2, 0.25) is 0 Å². The Bertz CT molecular complexity index is 419. The van der Waals surface area contributed by atoms with Gasteiger partial charge in [0.05, 0.1) is 5.69 Å². The molecule has 106 valence electrons. The Morgan fingerprint density at radius 1 is 1.53 bits per heavy atom. The lowest BCUT2D eigenvalue weighted by Crippen LogP contribution is -2.33. The molecular weight excluding hydrogens is 276 g/mol. The minimum absolute atomic E-state index is 0.0000635. The van der Waals surface area contributed by atoms with Crippen molar-refractivity contribution in [2.24, 2.45) is 0 Å². The van der Waals surface area contributed by atoms with Gasteiger partial charge in [-0.15, -0.1) is 11.3 Å². The molecule has 5 heteroatoms. The van der Waals surface area contributed by atoms with E-state index in [-0.39, 0.29) is 5.91 Å². The van der Waals surface area contributed by atoms with Gasteiger partial charge in [-0.2, -0.15) is 11.8 Å². The van der Waals surface area contributed by atoms with Gasteiger partial charge in [-0.05, 0) is 30.0 Å². The van der Waals surface area contributed by atoms with E-state index in [0.717, 1.165) is 17.5 Å². The third-order valence-electron chi connectivity index (χ3n) is 3.41. The number of hydrogen-bond donors (Lipinski definition) is 2. The molecule has 1 heterocycles. The van der Waals surface area contributed by atoms with Crippen molar-refractivity contribution < 1.29 is 4.79 Å². The molecule has 19 heavy (non-hydrogen) atoms. The van der Waals surface area contributed by atoms with E-state index in [1.165, 1.54) is 29.9 Å². The zero-order chi connectivity index (χ0) is 13.7. The first-order chi connectivity index (χ1) is 9.20. The molecule has 1 aliphatic carbocycles. The molecule has 2 rings (SSSR count). The quantitative estimate of drug-likeness (QED) is 0.845. The Hall–Kier alpha value is -0.520. The van der Waals surface area contributed by atoms with Crippen LogP contribution in [0.4, 0.5) is 5.69 Å². The van der Waals surface area contributed by atoms with Crippen LogP contribution in [0.1, 0.15) is 38.0 Å². The van der Waals surface area contributed by atoms with Gasteiger partial charge in [-0.1, -0.05) is 13.3 Å². The normalized spacial score (nSPS) is 22.6. The fourth-order valence-electron chi connectivity index (χ4n) is 2.58. The van der Waals surface area contributed by atoms with Crippen molar-refractivity contribution in [2.45, 2.75) is 50.9 Å². The van der Waals surface area contributed by atoms with Gasteiger partial charge in [0.1, 0.15) is 0 Å². The number of hydrogen-bond acceptors (Lipinski definition) is 4. The molecule has 1 aliphatic rings. The smallest absolute Gasteiger partial charge is 0.221 e. The number of thiophene rings is 1. The molecule has 1 fully saturated rings. The van der Waals surface area contributed by atoms with Gasteiger partial charge in [0.25, 0.3) is 0 Å². The SMILES string of the molecule is CCSC1CCCC1NCc1sccc1NC(C)=O. The highest BCUT2D eigenvalue weighted by atomic mass is 32.2. The second-order valence-electron chi connectivity index (χ2n) is 4.85. The average molecular weight is 298 g/mol. The maximum atomic E-state index is 11.1. The minimum atomic E-state index is -0.0000635. The summed E-state index contributed by atoms with van der Waals surface area (Å²) in [5, 5.41) is 9.36. The monoisotopic (exact) mass is 298 g/mol. The van der Waals surface area contributed by atoms with Gasteiger partial charge in [0.2, 0.25) is 5.91 Å². The van der Waals surface area contributed by atoms with Crippen LogP contribution in [0.3, 0.4) is 0 Å². The molecule has 0 aromatic carbocycles. The highest BCUT2D eigenvalue weighted by molar-refractivity contribution is 7.99. The van der Waals surface area contributed by atoms with Crippen LogP contribution < -0.4 is 10.6 Å². The lowest BCUT2D eigenvalue weighted by molar-refractivity contribution is -0.114. The molecular formula is C14H22N2OS2. The van der Waals surface area contributed by atoms with Crippen LogP contribution in [0, 0.1) is 0 Å². The first-order valence-corrected chi connectivity index (χ1v) is 8.82. The largest absolute Gasteiger partial charge is 0.325 e. The molecule has 2 N–H and O–H groups in total. The summed E-state index contributed by atoms with van der Waals surface area (Å²) in [5.74, 6) is 1.19. The number of carbonyl (C=O) groups excluding carboxylic acids is 1. The predicted octanol–water partition coefficient (Wildman–Crippen LogP) is 3.47. The number of amides is 1. The van der Waals surface area contributed by atoms with Crippen molar-refractivity contribution in [3.63, 3.8) is 0 Å². The van der Waals surface area contributed by atoms with E-state index in [0.29, 0.717) is 6.04 Å². The minimum Gasteiger partial charge on any atom is -0.325 e. The lowest BCUT2D eigenvalue weighted by atomic mass is 10.2. The topological polar surface area (TPSA) is 41.1 Å². The third-order valence-corrected chi connectivity index (χ3v) is 5.66. The molecule has 0 aliphatic heterocycles. The van der Waals surface area contributed by atoms with E-state index in [1.54, 1.807) is 18.3 Å². The van der Waals surface area contributed by atoms with Crippen molar-refractivity contribution in [1.29, 1.82) is 0 Å². The lowest BCUT2D eigenvalue weighted by Gasteiger charge is -2.20. The second-order valence-corrected chi connectivity index (χ2v) is 7.37. The van der Waals surface area contributed by atoms with Gasteiger partial charge < -0.3 is 10.6 Å². The Balaban J connectivity index is 1.88. The fraction of sp³-hybridized carbons (Fsp3) is 0.643. The first kappa shape index (κ1) is 14.9. The molecule has 0 radical (unpaired) electrons. The van der Waals surface area contributed by atoms with Crippen molar-refractivity contribution in [3.05, 3.63) is 16.3 Å². The highest BCUT2D eigenvalue weighted by Crippen LogP contribution is 2.31. The Labute approximate surface area is 123 Å². The fourth-order valence-corrected chi connectivity index (χ4v) is 4.58. The summed E-state index contributed by atoms with van der Waals surface area (Å²) in [5.41, 5.74) is 0.961. The van der Waals surface area contributed by atoms with Crippen molar-refractivity contribution in [1.82, 2.24) is 5.32 Å². The molecule has 2 unspecified atom stereocenters. The Morgan fingerprint density at radius 3 is 3.11 bits per heavy atom. The third kappa shape index (κ3) is 4.23. The highest BCUT2D eigenvalue weighted by Gasteiger charge is 2.26. The molecule has 1 saturated carbocycles. The van der Waals surface area contributed by atoms with Crippen LogP contribution in [0.15, 0.2) is 11.4 Å². The van der Waals surface area contributed by atoms with Gasteiger partial charge in [0.15, 0.2) is 0 Å². The van der Waals surface area contributed by atoms with Crippen molar-refractivity contribution in [2.75, 3.05) is 11.1 Å². The number of carbonyl (C=O) groups is 1. The van der Waals surface area contributed by atoms with Crippen molar-refractivity contribution >= 4 is 34.7 Å². The molecule has 1 aromatic rings. The van der Waals surface area contributed by atoms with Crippen LogP contribution >= 0.6 is 23.1 Å². The summed E-state index contributed by atoms with van der Waals surface area (Å²) in [4.78, 5) is 12.4. The molecule has 0 saturated heterocycles. The summed E-state index contributed by atoms with van der Waals surface area (Å²) < 4.78 is 0. The summed E-state index contributed by atoms with van der Waals surface area (Å²) in [6, 6.07) is 2.60. The Kier molecular flexibility index (Phi) is 5.73. The van der Waals surface area contributed by atoms with Crippen LogP contribution in [-0.4, -0.2) is 23.0 Å². The summed E-state index contributed by atoms with van der Waals surface area (Å²) in [7, 11) is 0. The number of nitrogens with one attached hydrogen (secondary N) is 2. The van der Waals surface area contributed by atoms with Gasteiger partial charge >= 0.3 is 0 Å². The van der Waals surface area contributed by atoms with E-state index in [4.69, 9.17) is 0 Å². The van der Waals surface area contributed by atoms with Gasteiger partial charge in [0, 0.05) is 29.6 Å². The number of thioether (sulfide) groups is 1. The van der Waals surface area contributed by atoms with Crippen molar-refractivity contribution in [3.8, 4) is 0 Å². The van der Waals surface area contributed by atoms with E-state index in [1.807, 2.05) is 11.4 Å². The summed E-state index contributed by atoms with van der Waals surface area (Å²) in [6.07, 6.45) is 3.94. The average Bonchev–Trinajstić information content (AvgIpc) is 2.96. The molecule has 1 amide bonds. The molecule has 2 atom stereocenters. The van der Waals surface area contributed by atoms with E-state index >= 15 is 0 Å². The van der Waals surface area contributed by atoms with Crippen LogP contribution in [0.25, 0.3) is 0 Å². The first-order valence-electron chi connectivity index (χ1n) is 6.89. The molecule has 3 nitrogen and oxygen atoms in total. The van der Waals surface area contributed by atoms with E-state index in [2.05, 4.69) is 29.3 Å². The summed E-state index contributed by atoms with van der Waals surface area (Å²) in [6.45, 7) is 4.65. The van der Waals surface area contributed by atoms with Crippen LogP contribution in [-0.2, 0) is 11.3 Å². The van der Waals surface area contributed by atoms with E-state index < -0.39 is 0 Å². The molecule has 1 aromatic heterocycles. The van der Waals surface area contributed by atoms with Crippen LogP contribution in [0.5, 0.6) is 0 Å². The maximum absolute atomic E-state index is 11.1. The number of rotatable bonds is 6.